The SMILES string of the molecule is CCCCCCCCCCCCCCCC(=O)O[C@H]1CN(C)C([C@H](OC2O[C@H](CN)[C@@H](O)[C@H]2O)C2OC(n3ccc(=O)[nH]c3=O)[C@H](O)[C@@H]2O)C(=O)N(C)C1C(=O)O. The average Bonchev–Trinajstić information content (AvgIpc) is 3.58. The Kier molecular flexibility index (Phi) is 18.1. The van der Waals surface area contributed by atoms with E-state index < -0.39 is 103 Å². The number of H-pyrrole nitrogens is 1. The van der Waals surface area contributed by atoms with E-state index in [2.05, 4.69) is 6.92 Å². The van der Waals surface area contributed by atoms with Gasteiger partial charge in [0.25, 0.3) is 5.56 Å². The van der Waals surface area contributed by atoms with E-state index in [1.807, 2.05) is 4.98 Å². The van der Waals surface area contributed by atoms with Crippen LogP contribution in [0.4, 0.5) is 0 Å². The number of aliphatic hydroxyl groups is 4. The van der Waals surface area contributed by atoms with Gasteiger partial charge in [0, 0.05) is 38.8 Å². The minimum Gasteiger partial charge on any atom is -0.480 e. The van der Waals surface area contributed by atoms with E-state index in [1.54, 1.807) is 0 Å². The van der Waals surface area contributed by atoms with Crippen LogP contribution >= 0.6 is 0 Å². The molecule has 0 saturated carbocycles. The molecule has 4 heterocycles. The Morgan fingerprint density at radius 1 is 0.877 bits per heavy atom. The number of ether oxygens (including phenoxy) is 4. The number of amides is 1. The zero-order valence-electron chi connectivity index (χ0n) is 33.2. The lowest BCUT2D eigenvalue weighted by Gasteiger charge is -2.38. The number of nitrogens with zero attached hydrogens (tertiary/aromatic N) is 3. The first kappa shape index (κ1) is 46.4. The first-order valence-electron chi connectivity index (χ1n) is 20.3. The molecule has 3 aliphatic rings. The predicted molar refractivity (Wildman–Crippen MR) is 203 cm³/mol. The minimum absolute atomic E-state index is 0.0458. The van der Waals surface area contributed by atoms with Crippen LogP contribution in [0.25, 0.3) is 0 Å². The third-order valence-corrected chi connectivity index (χ3v) is 11.2. The first-order valence-corrected chi connectivity index (χ1v) is 20.3. The lowest BCUT2D eigenvalue weighted by Crippen LogP contribution is -2.59. The van der Waals surface area contributed by atoms with E-state index in [4.69, 9.17) is 24.7 Å². The third kappa shape index (κ3) is 11.9. The van der Waals surface area contributed by atoms with Crippen molar-refractivity contribution in [2.75, 3.05) is 27.2 Å². The van der Waals surface area contributed by atoms with Crippen LogP contribution in [-0.4, -0.2) is 157 Å². The minimum atomic E-state index is -1.87. The molecule has 0 radical (unpaired) electrons. The van der Waals surface area contributed by atoms with Crippen molar-refractivity contribution in [3.8, 4) is 0 Å². The zero-order chi connectivity index (χ0) is 41.8. The fourth-order valence-electron chi connectivity index (χ4n) is 7.94. The number of hydrogen-bond acceptors (Lipinski definition) is 15. The van der Waals surface area contributed by atoms with E-state index in [9.17, 15) is 49.5 Å². The molecular weight excluding hydrogens is 750 g/mol. The number of nitrogens with one attached hydrogen (secondary N) is 1. The highest BCUT2D eigenvalue weighted by Gasteiger charge is 2.57. The van der Waals surface area contributed by atoms with Gasteiger partial charge in [0.05, 0.1) is 0 Å². The molecule has 8 N–H and O–H groups in total. The highest BCUT2D eigenvalue weighted by Crippen LogP contribution is 2.36. The number of esters is 1. The summed E-state index contributed by atoms with van der Waals surface area (Å²) in [6, 6.07) is -2.21. The maximum absolute atomic E-state index is 14.3. The monoisotopic (exact) mass is 813 g/mol. The van der Waals surface area contributed by atoms with Gasteiger partial charge in [-0.15, -0.1) is 0 Å². The largest absolute Gasteiger partial charge is 0.480 e. The van der Waals surface area contributed by atoms with Crippen LogP contribution in [0.15, 0.2) is 21.9 Å². The normalized spacial score (nSPS) is 31.4. The fourth-order valence-corrected chi connectivity index (χ4v) is 7.94. The molecule has 324 valence electrons. The van der Waals surface area contributed by atoms with Crippen LogP contribution in [0.3, 0.4) is 0 Å². The maximum Gasteiger partial charge on any atom is 0.330 e. The van der Waals surface area contributed by atoms with Crippen molar-refractivity contribution in [1.29, 1.82) is 0 Å². The van der Waals surface area contributed by atoms with Crippen LogP contribution in [0.5, 0.6) is 0 Å². The summed E-state index contributed by atoms with van der Waals surface area (Å²) in [5.41, 5.74) is 3.98. The Labute approximate surface area is 332 Å². The molecule has 5 unspecified atom stereocenters. The summed E-state index contributed by atoms with van der Waals surface area (Å²) >= 11 is 0. The summed E-state index contributed by atoms with van der Waals surface area (Å²) in [4.78, 5) is 68.7. The summed E-state index contributed by atoms with van der Waals surface area (Å²) in [6.45, 7) is 1.67. The Morgan fingerprint density at radius 3 is 2.02 bits per heavy atom. The van der Waals surface area contributed by atoms with Gasteiger partial charge >= 0.3 is 17.6 Å². The summed E-state index contributed by atoms with van der Waals surface area (Å²) in [7, 11) is 2.63. The van der Waals surface area contributed by atoms with Gasteiger partial charge in [-0.2, -0.15) is 0 Å². The molecule has 19 nitrogen and oxygen atoms in total. The lowest BCUT2D eigenvalue weighted by molar-refractivity contribution is -0.233. The van der Waals surface area contributed by atoms with Gasteiger partial charge in [-0.05, 0) is 13.5 Å². The Bertz CT molecular complexity index is 1560. The Morgan fingerprint density at radius 2 is 1.47 bits per heavy atom. The second kappa shape index (κ2) is 22.2. The standard InChI is InChI=1S/C38H63N5O14/c1-4-5-6-7-8-9-10-11-12-13-14-15-16-17-25(45)54-23-21-41(2)27(34(50)42(3)26(23)36(51)52)32(57-37-31(49)28(46)22(20-39)55-37)33-29(47)30(48)35(56-33)43-19-18-24(44)40-38(43)53/h18-19,22-23,26-33,35,37,46-49H,4-17,20-21,39H2,1-3H3,(H,51,52)(H,40,44,53)/t22-,23+,26?,27?,28-,29+,30-,31-,32+,33?,35?,37?/m1/s1. The quantitative estimate of drug-likeness (QED) is 0.0578. The van der Waals surface area contributed by atoms with Crippen molar-refractivity contribution in [3.05, 3.63) is 33.1 Å². The molecule has 4 rings (SSSR count). The van der Waals surface area contributed by atoms with Gasteiger partial charge in [0.15, 0.2) is 18.6 Å². The predicted octanol–water partition coefficient (Wildman–Crippen LogP) is -0.435. The molecule has 1 aromatic heterocycles. The number of carbonyl (C=O) groups excluding carboxylic acids is 2. The van der Waals surface area contributed by atoms with Crippen molar-refractivity contribution in [1.82, 2.24) is 19.4 Å². The fraction of sp³-hybridized carbons (Fsp3) is 0.816. The summed E-state index contributed by atoms with van der Waals surface area (Å²) in [6.07, 6.45) is -0.270. The number of aromatic amines is 1. The van der Waals surface area contributed by atoms with Crippen molar-refractivity contribution in [2.24, 2.45) is 5.73 Å². The number of rotatable bonds is 22. The van der Waals surface area contributed by atoms with Crippen LogP contribution < -0.4 is 17.0 Å². The number of nitrogens with two attached hydrogens (primary N) is 1. The highest BCUT2D eigenvalue weighted by molar-refractivity contribution is 5.88. The van der Waals surface area contributed by atoms with Gasteiger partial charge in [0.1, 0.15) is 54.9 Å². The molecule has 0 spiro atoms. The highest BCUT2D eigenvalue weighted by atomic mass is 16.7. The molecule has 12 atom stereocenters. The number of aliphatic carboxylic acids is 1. The number of aliphatic hydroxyl groups excluding tert-OH is 4. The van der Waals surface area contributed by atoms with Gasteiger partial charge in [-0.25, -0.2) is 9.59 Å². The topological polar surface area (TPSA) is 277 Å². The molecular formula is C38H63N5O14. The van der Waals surface area contributed by atoms with E-state index in [-0.39, 0.29) is 19.5 Å². The smallest absolute Gasteiger partial charge is 0.330 e. The molecule has 3 fully saturated rings. The summed E-state index contributed by atoms with van der Waals surface area (Å²) in [5.74, 6) is -2.97. The van der Waals surface area contributed by atoms with Crippen LogP contribution in [-0.2, 0) is 33.3 Å². The molecule has 57 heavy (non-hydrogen) atoms. The van der Waals surface area contributed by atoms with Crippen molar-refractivity contribution in [3.63, 3.8) is 0 Å². The molecule has 19 heteroatoms. The van der Waals surface area contributed by atoms with Gasteiger partial charge < -0.3 is 55.1 Å². The number of carboxylic acids is 1. The molecule has 3 aliphatic heterocycles. The van der Waals surface area contributed by atoms with Crippen molar-refractivity contribution < 1.29 is 58.9 Å². The summed E-state index contributed by atoms with van der Waals surface area (Å²) < 4.78 is 24.3. The second-order valence-corrected chi connectivity index (χ2v) is 15.5. The van der Waals surface area contributed by atoms with Gasteiger partial charge in [-0.1, -0.05) is 84.0 Å². The molecule has 0 aromatic carbocycles. The molecule has 0 bridgehead atoms. The maximum atomic E-state index is 14.3. The third-order valence-electron chi connectivity index (χ3n) is 11.2. The number of unbranched alkanes of at least 4 members (excludes halogenated alkanes) is 12. The van der Waals surface area contributed by atoms with E-state index in [0.29, 0.717) is 6.42 Å². The number of aromatic nitrogens is 2. The molecule has 1 amide bonds. The molecule has 0 aliphatic carbocycles. The van der Waals surface area contributed by atoms with Gasteiger partial charge in [-0.3, -0.25) is 28.8 Å². The lowest BCUT2D eigenvalue weighted by atomic mass is 9.97. The van der Waals surface area contributed by atoms with E-state index in [0.717, 1.165) is 47.4 Å². The number of hydrogen-bond donors (Lipinski definition) is 7. The van der Waals surface area contributed by atoms with E-state index in [1.165, 1.54) is 70.4 Å². The van der Waals surface area contributed by atoms with Gasteiger partial charge in [0.2, 0.25) is 5.91 Å². The van der Waals surface area contributed by atoms with Crippen molar-refractivity contribution in [2.45, 2.75) is 170 Å². The zero-order valence-corrected chi connectivity index (χ0v) is 33.2. The summed E-state index contributed by atoms with van der Waals surface area (Å²) in [5, 5.41) is 54.1. The van der Waals surface area contributed by atoms with E-state index >= 15 is 0 Å². The Balaban J connectivity index is 1.46. The van der Waals surface area contributed by atoms with Crippen LogP contribution in [0.2, 0.25) is 0 Å². The first-order chi connectivity index (χ1) is 27.2. The average molecular weight is 814 g/mol. The van der Waals surface area contributed by atoms with Crippen molar-refractivity contribution >= 4 is 17.8 Å². The number of carbonyl (C=O) groups is 3. The number of carboxylic acid groups (broad SMARTS) is 1. The molecule has 1 aromatic rings. The Hall–Kier alpha value is -3.27. The van der Waals surface area contributed by atoms with Crippen LogP contribution in [0.1, 0.15) is 103 Å². The second-order valence-electron chi connectivity index (χ2n) is 15.5. The number of likely N-dealkylation sites (N-methyl/N-ethyl adjacent to an activating group) is 2. The molecule has 3 saturated heterocycles. The van der Waals surface area contributed by atoms with Crippen LogP contribution in [0, 0.1) is 0 Å².